The molecule has 1 saturated heterocycles. The summed E-state index contributed by atoms with van der Waals surface area (Å²) in [4.78, 5) is 27.7. The number of carbonyl (C=O) groups excluding carboxylic acids is 2. The van der Waals surface area contributed by atoms with Crippen molar-refractivity contribution < 1.29 is 24.2 Å². The number of likely N-dealkylation sites (tertiary alicyclic amines) is 1. The van der Waals surface area contributed by atoms with E-state index < -0.39 is 17.7 Å². The van der Waals surface area contributed by atoms with Gasteiger partial charge in [-0.3, -0.25) is 9.59 Å². The third-order valence-electron chi connectivity index (χ3n) is 6.03. The zero-order valence-corrected chi connectivity index (χ0v) is 20.8. The summed E-state index contributed by atoms with van der Waals surface area (Å²) in [6.45, 7) is 9.50. The van der Waals surface area contributed by atoms with E-state index in [0.29, 0.717) is 43.4 Å². The highest BCUT2D eigenvalue weighted by atomic mass is 16.5. The molecule has 1 fully saturated rings. The average molecular weight is 466 g/mol. The van der Waals surface area contributed by atoms with Crippen LogP contribution in [0.1, 0.15) is 55.5 Å². The Labute approximate surface area is 202 Å². The van der Waals surface area contributed by atoms with Crippen LogP contribution in [-0.4, -0.2) is 48.6 Å². The van der Waals surface area contributed by atoms with Gasteiger partial charge in [0.25, 0.3) is 11.7 Å². The van der Waals surface area contributed by atoms with Crippen molar-refractivity contribution in [2.24, 2.45) is 5.92 Å². The second kappa shape index (κ2) is 11.3. The van der Waals surface area contributed by atoms with Crippen molar-refractivity contribution in [1.29, 1.82) is 0 Å². The van der Waals surface area contributed by atoms with Crippen molar-refractivity contribution in [2.75, 3.05) is 26.9 Å². The summed E-state index contributed by atoms with van der Waals surface area (Å²) in [5.41, 5.74) is 3.36. The van der Waals surface area contributed by atoms with Gasteiger partial charge in [0.15, 0.2) is 0 Å². The minimum Gasteiger partial charge on any atom is -0.507 e. The first-order valence-corrected chi connectivity index (χ1v) is 11.9. The second-order valence-electron chi connectivity index (χ2n) is 9.12. The Morgan fingerprint density at radius 2 is 1.82 bits per heavy atom. The third kappa shape index (κ3) is 5.50. The summed E-state index contributed by atoms with van der Waals surface area (Å²) < 4.78 is 10.9. The van der Waals surface area contributed by atoms with E-state index in [4.69, 9.17) is 9.47 Å². The molecule has 0 bridgehead atoms. The van der Waals surface area contributed by atoms with E-state index in [1.807, 2.05) is 37.3 Å². The fourth-order valence-corrected chi connectivity index (χ4v) is 4.17. The van der Waals surface area contributed by atoms with Crippen molar-refractivity contribution in [3.63, 3.8) is 0 Å². The number of nitrogens with zero attached hydrogens (tertiary/aromatic N) is 1. The van der Waals surface area contributed by atoms with E-state index in [2.05, 4.69) is 20.8 Å². The largest absolute Gasteiger partial charge is 0.507 e. The quantitative estimate of drug-likeness (QED) is 0.230. The number of ketones is 1. The van der Waals surface area contributed by atoms with Gasteiger partial charge < -0.3 is 19.5 Å². The molecule has 1 atom stereocenters. The highest BCUT2D eigenvalue weighted by Gasteiger charge is 2.45. The first kappa shape index (κ1) is 25.5. The molecule has 6 heteroatoms. The summed E-state index contributed by atoms with van der Waals surface area (Å²) in [7, 11) is 1.60. The molecule has 0 aromatic heterocycles. The van der Waals surface area contributed by atoms with Crippen LogP contribution in [0, 0.1) is 12.8 Å². The maximum Gasteiger partial charge on any atom is 0.295 e. The third-order valence-corrected chi connectivity index (χ3v) is 6.03. The lowest BCUT2D eigenvalue weighted by atomic mass is 9.93. The topological polar surface area (TPSA) is 76.1 Å². The molecule has 1 N–H and O–H groups in total. The maximum absolute atomic E-state index is 13.2. The van der Waals surface area contributed by atoms with Crippen LogP contribution >= 0.6 is 0 Å². The van der Waals surface area contributed by atoms with Gasteiger partial charge >= 0.3 is 0 Å². The number of amides is 1. The Morgan fingerprint density at radius 1 is 1.12 bits per heavy atom. The summed E-state index contributed by atoms with van der Waals surface area (Å²) in [5.74, 6) is -0.336. The number of hydrogen-bond donors (Lipinski definition) is 1. The van der Waals surface area contributed by atoms with Gasteiger partial charge in [-0.25, -0.2) is 0 Å². The lowest BCUT2D eigenvalue weighted by Crippen LogP contribution is -2.31. The van der Waals surface area contributed by atoms with Crippen LogP contribution in [0.25, 0.3) is 5.76 Å². The van der Waals surface area contributed by atoms with Crippen molar-refractivity contribution >= 4 is 17.4 Å². The minimum atomic E-state index is -0.668. The molecule has 6 nitrogen and oxygen atoms in total. The Morgan fingerprint density at radius 3 is 2.41 bits per heavy atom. The second-order valence-corrected chi connectivity index (χ2v) is 9.12. The maximum atomic E-state index is 13.2. The van der Waals surface area contributed by atoms with Crippen LogP contribution in [0.15, 0.2) is 48.0 Å². The summed E-state index contributed by atoms with van der Waals surface area (Å²) in [6.07, 6.45) is 1.48. The molecule has 0 radical (unpaired) electrons. The van der Waals surface area contributed by atoms with Crippen LogP contribution in [0.4, 0.5) is 0 Å². The molecule has 2 aromatic carbocycles. The van der Waals surface area contributed by atoms with Crippen LogP contribution in [0.5, 0.6) is 5.75 Å². The van der Waals surface area contributed by atoms with Crippen molar-refractivity contribution in [1.82, 2.24) is 4.90 Å². The van der Waals surface area contributed by atoms with Gasteiger partial charge in [-0.2, -0.15) is 0 Å². The van der Waals surface area contributed by atoms with Gasteiger partial charge in [0.1, 0.15) is 11.5 Å². The molecule has 0 spiro atoms. The molecule has 1 heterocycles. The van der Waals surface area contributed by atoms with Gasteiger partial charge in [0, 0.05) is 25.8 Å². The number of aryl methyl sites for hydroxylation is 2. The molecule has 182 valence electrons. The smallest absolute Gasteiger partial charge is 0.295 e. The zero-order chi connectivity index (χ0) is 24.8. The predicted octanol–water partition coefficient (Wildman–Crippen LogP) is 5.05. The number of ether oxygens (including phenoxy) is 2. The number of methoxy groups -OCH3 is 1. The lowest BCUT2D eigenvalue weighted by molar-refractivity contribution is -0.140. The molecule has 34 heavy (non-hydrogen) atoms. The standard InChI is InChI=1S/C28H35NO5/c1-6-20-8-10-21(11-9-20)25-24(27(31)28(32)29(25)14-7-15-33-5)26(30)23-13-12-22(16-19(23)4)34-17-18(2)3/h8-13,16,18,25,30H,6-7,14-15,17H2,1-5H3/t25-/m1/s1. The Hall–Kier alpha value is -3.12. The van der Waals surface area contributed by atoms with Crippen LogP contribution in [-0.2, 0) is 20.7 Å². The molecular formula is C28H35NO5. The van der Waals surface area contributed by atoms with E-state index >= 15 is 0 Å². The number of Topliss-reactive ketones (excluding diaryl/α,β-unsaturated/α-hetero) is 1. The van der Waals surface area contributed by atoms with Crippen molar-refractivity contribution in [3.8, 4) is 5.75 Å². The van der Waals surface area contributed by atoms with Gasteiger partial charge in [-0.05, 0) is 60.6 Å². The van der Waals surface area contributed by atoms with Crippen LogP contribution in [0.3, 0.4) is 0 Å². The normalized spacial score (nSPS) is 17.6. The number of benzene rings is 2. The van der Waals surface area contributed by atoms with E-state index in [0.717, 1.165) is 23.1 Å². The molecule has 1 amide bonds. The lowest BCUT2D eigenvalue weighted by Gasteiger charge is -2.25. The minimum absolute atomic E-state index is 0.116. The molecule has 0 aliphatic carbocycles. The molecule has 1 aliphatic rings. The zero-order valence-electron chi connectivity index (χ0n) is 20.8. The van der Waals surface area contributed by atoms with Crippen LogP contribution in [0.2, 0.25) is 0 Å². The van der Waals surface area contributed by atoms with E-state index in [9.17, 15) is 14.7 Å². The molecule has 2 aromatic rings. The number of rotatable bonds is 10. The number of hydrogen-bond acceptors (Lipinski definition) is 5. The Balaban J connectivity index is 2.06. The Kier molecular flexibility index (Phi) is 8.51. The van der Waals surface area contributed by atoms with Crippen LogP contribution < -0.4 is 4.74 Å². The van der Waals surface area contributed by atoms with Gasteiger partial charge in [0.2, 0.25) is 0 Å². The van der Waals surface area contributed by atoms with E-state index in [-0.39, 0.29) is 11.3 Å². The van der Waals surface area contributed by atoms with Crippen molar-refractivity contribution in [2.45, 2.75) is 46.6 Å². The van der Waals surface area contributed by atoms with Gasteiger partial charge in [-0.15, -0.1) is 0 Å². The summed E-state index contributed by atoms with van der Waals surface area (Å²) >= 11 is 0. The molecular weight excluding hydrogens is 430 g/mol. The monoisotopic (exact) mass is 465 g/mol. The number of aliphatic hydroxyl groups excluding tert-OH is 1. The highest BCUT2D eigenvalue weighted by molar-refractivity contribution is 6.46. The number of aliphatic hydroxyl groups is 1. The van der Waals surface area contributed by atoms with Crippen molar-refractivity contribution in [3.05, 3.63) is 70.3 Å². The predicted molar refractivity (Wildman–Crippen MR) is 133 cm³/mol. The number of carbonyl (C=O) groups is 2. The summed E-state index contributed by atoms with van der Waals surface area (Å²) in [5, 5.41) is 11.3. The van der Waals surface area contributed by atoms with Gasteiger partial charge in [0.05, 0.1) is 18.2 Å². The summed E-state index contributed by atoms with van der Waals surface area (Å²) in [6, 6.07) is 12.6. The molecule has 0 unspecified atom stereocenters. The highest BCUT2D eigenvalue weighted by Crippen LogP contribution is 2.40. The molecule has 1 aliphatic heterocycles. The first-order chi connectivity index (χ1) is 16.3. The molecule has 3 rings (SSSR count). The Bertz CT molecular complexity index is 1050. The fourth-order valence-electron chi connectivity index (χ4n) is 4.17. The van der Waals surface area contributed by atoms with E-state index in [1.165, 1.54) is 0 Å². The van der Waals surface area contributed by atoms with Gasteiger partial charge in [-0.1, -0.05) is 45.0 Å². The van der Waals surface area contributed by atoms with E-state index in [1.54, 1.807) is 24.1 Å². The first-order valence-electron chi connectivity index (χ1n) is 11.9. The molecule has 0 saturated carbocycles. The fraction of sp³-hybridized carbons (Fsp3) is 0.429. The average Bonchev–Trinajstić information content (AvgIpc) is 3.07. The SMILES string of the molecule is CCc1ccc([C@@H]2C(=C(O)c3ccc(OCC(C)C)cc3C)C(=O)C(=O)N2CCCOC)cc1.